The Kier molecular flexibility index (Phi) is 4.10. The Bertz CT molecular complexity index is 307. The maximum Gasteiger partial charge on any atom is 0.236 e. The highest BCUT2D eigenvalue weighted by Crippen LogP contribution is 2.14. The van der Waals surface area contributed by atoms with Crippen LogP contribution in [0.3, 0.4) is 0 Å². The summed E-state index contributed by atoms with van der Waals surface area (Å²) in [6.45, 7) is 3.27. The minimum absolute atomic E-state index is 0.110. The molecule has 1 N–H and O–H groups in total. The number of carbonyl (C=O) groups is 1. The van der Waals surface area contributed by atoms with Crippen molar-refractivity contribution in [1.82, 2.24) is 10.2 Å². The molecule has 1 aromatic rings. The Labute approximate surface area is 88.7 Å². The summed E-state index contributed by atoms with van der Waals surface area (Å²) in [4.78, 5) is 15.4. The average Bonchev–Trinajstić information content (AvgIpc) is 2.51. The van der Waals surface area contributed by atoms with Crippen molar-refractivity contribution in [2.75, 3.05) is 20.6 Å². The van der Waals surface area contributed by atoms with E-state index < -0.39 is 0 Å². The van der Waals surface area contributed by atoms with E-state index in [1.165, 1.54) is 9.75 Å². The summed E-state index contributed by atoms with van der Waals surface area (Å²) in [5.74, 6) is 0.110. The van der Waals surface area contributed by atoms with Crippen LogP contribution in [-0.4, -0.2) is 31.4 Å². The third kappa shape index (κ3) is 3.47. The van der Waals surface area contributed by atoms with Crippen LogP contribution in [0.1, 0.15) is 9.75 Å². The molecular formula is C10H16N2OS. The zero-order valence-corrected chi connectivity index (χ0v) is 9.65. The van der Waals surface area contributed by atoms with Crippen LogP contribution >= 0.6 is 11.3 Å². The lowest BCUT2D eigenvalue weighted by molar-refractivity contribution is -0.127. The summed E-state index contributed by atoms with van der Waals surface area (Å²) in [5.41, 5.74) is 0. The molecule has 0 radical (unpaired) electrons. The van der Waals surface area contributed by atoms with Gasteiger partial charge in [0.2, 0.25) is 5.91 Å². The predicted octanol–water partition coefficient (Wildman–Crippen LogP) is 1.23. The number of nitrogens with one attached hydrogen (secondary N) is 1. The Balaban J connectivity index is 2.25. The molecule has 78 valence electrons. The lowest BCUT2D eigenvalue weighted by Crippen LogP contribution is -2.32. The van der Waals surface area contributed by atoms with Gasteiger partial charge in [0.05, 0.1) is 6.54 Å². The fraction of sp³-hybridized carbons (Fsp3) is 0.500. The molecule has 1 amide bonds. The molecule has 0 saturated carbocycles. The smallest absolute Gasteiger partial charge is 0.236 e. The van der Waals surface area contributed by atoms with Crippen LogP contribution in [0, 0.1) is 6.92 Å². The lowest BCUT2D eigenvalue weighted by atomic mass is 10.4. The minimum atomic E-state index is 0.110. The molecule has 14 heavy (non-hydrogen) atoms. The number of hydrogen-bond donors (Lipinski definition) is 1. The third-order valence-electron chi connectivity index (χ3n) is 1.87. The highest BCUT2D eigenvalue weighted by molar-refractivity contribution is 7.11. The van der Waals surface area contributed by atoms with Crippen molar-refractivity contribution < 1.29 is 4.79 Å². The first-order chi connectivity index (χ1) is 6.59. The van der Waals surface area contributed by atoms with Crippen LogP contribution in [0.4, 0.5) is 0 Å². The molecule has 0 saturated heterocycles. The third-order valence-corrected chi connectivity index (χ3v) is 2.87. The number of aryl methyl sites for hydroxylation is 1. The molecule has 1 heterocycles. The Morgan fingerprint density at radius 3 is 2.71 bits per heavy atom. The van der Waals surface area contributed by atoms with Crippen molar-refractivity contribution in [2.24, 2.45) is 0 Å². The second-order valence-corrected chi connectivity index (χ2v) is 4.78. The molecule has 0 aliphatic rings. The molecule has 1 aromatic heterocycles. The number of likely N-dealkylation sites (N-methyl/N-ethyl adjacent to an activating group) is 1. The molecule has 1 rings (SSSR count). The number of nitrogens with zero attached hydrogens (tertiary/aromatic N) is 1. The maximum atomic E-state index is 11.2. The first-order valence-corrected chi connectivity index (χ1v) is 5.37. The largest absolute Gasteiger partial charge is 0.348 e. The van der Waals surface area contributed by atoms with Crippen LogP contribution in [0.2, 0.25) is 0 Å². The number of carbonyl (C=O) groups excluding carboxylic acids is 1. The van der Waals surface area contributed by atoms with E-state index in [9.17, 15) is 4.79 Å². The van der Waals surface area contributed by atoms with E-state index in [-0.39, 0.29) is 5.91 Å². The van der Waals surface area contributed by atoms with Crippen LogP contribution in [0.5, 0.6) is 0 Å². The second-order valence-electron chi connectivity index (χ2n) is 3.40. The standard InChI is InChI=1S/C10H16N2OS/c1-8-4-5-9(14-8)6-11-7-10(13)12(2)3/h4-5,11H,6-7H2,1-3H3. The quantitative estimate of drug-likeness (QED) is 0.814. The first-order valence-electron chi connectivity index (χ1n) is 4.56. The van der Waals surface area contributed by atoms with Crippen molar-refractivity contribution in [2.45, 2.75) is 13.5 Å². The van der Waals surface area contributed by atoms with Crippen LogP contribution in [0.25, 0.3) is 0 Å². The summed E-state index contributed by atoms with van der Waals surface area (Å²) in [6.07, 6.45) is 0. The highest BCUT2D eigenvalue weighted by atomic mass is 32.1. The maximum absolute atomic E-state index is 11.2. The molecule has 0 aromatic carbocycles. The van der Waals surface area contributed by atoms with E-state index in [4.69, 9.17) is 0 Å². The van der Waals surface area contributed by atoms with Gasteiger partial charge < -0.3 is 10.2 Å². The van der Waals surface area contributed by atoms with Gasteiger partial charge in [-0.3, -0.25) is 4.79 Å². The molecule has 0 unspecified atom stereocenters. The number of thiophene rings is 1. The molecule has 0 aliphatic carbocycles. The van der Waals surface area contributed by atoms with Gasteiger partial charge >= 0.3 is 0 Å². The predicted molar refractivity (Wildman–Crippen MR) is 59.5 cm³/mol. The Morgan fingerprint density at radius 2 is 2.21 bits per heavy atom. The average molecular weight is 212 g/mol. The van der Waals surface area contributed by atoms with Crippen molar-refractivity contribution >= 4 is 17.2 Å². The van der Waals surface area contributed by atoms with Gasteiger partial charge in [0.15, 0.2) is 0 Å². The first kappa shape index (κ1) is 11.2. The van der Waals surface area contributed by atoms with Gasteiger partial charge in [-0.05, 0) is 19.1 Å². The molecule has 3 nitrogen and oxygen atoms in total. The SMILES string of the molecule is Cc1ccc(CNCC(=O)N(C)C)s1. The second kappa shape index (κ2) is 5.12. The summed E-state index contributed by atoms with van der Waals surface area (Å²) in [7, 11) is 3.53. The van der Waals surface area contributed by atoms with E-state index in [0.29, 0.717) is 6.54 Å². The van der Waals surface area contributed by atoms with Crippen LogP contribution < -0.4 is 5.32 Å². The lowest BCUT2D eigenvalue weighted by Gasteiger charge is -2.10. The summed E-state index contributed by atoms with van der Waals surface area (Å²) in [6, 6.07) is 4.18. The summed E-state index contributed by atoms with van der Waals surface area (Å²) in [5, 5.41) is 3.12. The zero-order valence-electron chi connectivity index (χ0n) is 8.83. The summed E-state index contributed by atoms with van der Waals surface area (Å²) < 4.78 is 0. The van der Waals surface area contributed by atoms with Crippen molar-refractivity contribution in [1.29, 1.82) is 0 Å². The minimum Gasteiger partial charge on any atom is -0.348 e. The molecule has 4 heteroatoms. The van der Waals surface area contributed by atoms with E-state index >= 15 is 0 Å². The molecule has 0 atom stereocenters. The molecule has 0 aliphatic heterocycles. The monoisotopic (exact) mass is 212 g/mol. The van der Waals surface area contributed by atoms with Gasteiger partial charge in [0, 0.05) is 30.4 Å². The normalized spacial score (nSPS) is 10.2. The van der Waals surface area contributed by atoms with E-state index in [0.717, 1.165) is 6.54 Å². The molecule has 0 bridgehead atoms. The highest BCUT2D eigenvalue weighted by Gasteiger charge is 2.02. The molecule has 0 fully saturated rings. The zero-order chi connectivity index (χ0) is 10.6. The van der Waals surface area contributed by atoms with Gasteiger partial charge in [-0.25, -0.2) is 0 Å². The van der Waals surface area contributed by atoms with Crippen molar-refractivity contribution in [3.05, 3.63) is 21.9 Å². The van der Waals surface area contributed by atoms with Gasteiger partial charge in [-0.15, -0.1) is 11.3 Å². The molecule has 0 spiro atoms. The summed E-state index contributed by atoms with van der Waals surface area (Å²) >= 11 is 1.76. The van der Waals surface area contributed by atoms with Gasteiger partial charge in [0.25, 0.3) is 0 Å². The number of rotatable bonds is 4. The Hall–Kier alpha value is -0.870. The number of hydrogen-bond acceptors (Lipinski definition) is 3. The topological polar surface area (TPSA) is 32.3 Å². The van der Waals surface area contributed by atoms with Gasteiger partial charge in [-0.2, -0.15) is 0 Å². The Morgan fingerprint density at radius 1 is 1.50 bits per heavy atom. The van der Waals surface area contributed by atoms with E-state index in [2.05, 4.69) is 24.4 Å². The number of amides is 1. The fourth-order valence-electron chi connectivity index (χ4n) is 1.03. The van der Waals surface area contributed by atoms with Crippen LogP contribution in [0.15, 0.2) is 12.1 Å². The van der Waals surface area contributed by atoms with E-state index in [1.54, 1.807) is 30.3 Å². The van der Waals surface area contributed by atoms with E-state index in [1.807, 2.05) is 0 Å². The molecular weight excluding hydrogens is 196 g/mol. The van der Waals surface area contributed by atoms with Gasteiger partial charge in [0.1, 0.15) is 0 Å². The van der Waals surface area contributed by atoms with Crippen LogP contribution in [-0.2, 0) is 11.3 Å². The van der Waals surface area contributed by atoms with Gasteiger partial charge in [-0.1, -0.05) is 0 Å². The van der Waals surface area contributed by atoms with Crippen molar-refractivity contribution in [3.8, 4) is 0 Å². The van der Waals surface area contributed by atoms with Crippen molar-refractivity contribution in [3.63, 3.8) is 0 Å². The fourth-order valence-corrected chi connectivity index (χ4v) is 1.89.